The van der Waals surface area contributed by atoms with Crippen LogP contribution in [0.2, 0.25) is 0 Å². The van der Waals surface area contributed by atoms with Crippen LogP contribution in [0.1, 0.15) is 20.3 Å². The minimum Gasteiger partial charge on any atom is -0.489 e. The Kier molecular flexibility index (Phi) is 3.56. The normalized spacial score (nSPS) is 25.3. The lowest BCUT2D eigenvalue weighted by atomic mass is 9.68. The largest absolute Gasteiger partial charge is 0.489 e. The molecule has 0 aliphatic heterocycles. The van der Waals surface area contributed by atoms with Crippen molar-refractivity contribution in [3.63, 3.8) is 0 Å². The van der Waals surface area contributed by atoms with E-state index in [0.29, 0.717) is 10.2 Å². The zero-order chi connectivity index (χ0) is 13.5. The van der Waals surface area contributed by atoms with Gasteiger partial charge < -0.3 is 4.74 Å². The summed E-state index contributed by atoms with van der Waals surface area (Å²) in [7, 11) is 0. The van der Waals surface area contributed by atoms with Crippen LogP contribution in [0.3, 0.4) is 0 Å². The van der Waals surface area contributed by atoms with E-state index < -0.39 is 4.92 Å². The average molecular weight is 335 g/mol. The Hall–Kier alpha value is -0.810. The van der Waals surface area contributed by atoms with Gasteiger partial charge in [0.2, 0.25) is 0 Å². The molecule has 18 heavy (non-hydrogen) atoms. The summed E-state index contributed by atoms with van der Waals surface area (Å²) in [5, 5.41) is 10.8. The number of hydrogen-bond donors (Lipinski definition) is 0. The summed E-state index contributed by atoms with van der Waals surface area (Å²) < 4.78 is 6.42. The van der Waals surface area contributed by atoms with Crippen molar-refractivity contribution < 1.29 is 9.66 Å². The highest BCUT2D eigenvalue weighted by atomic mass is 79.9. The maximum Gasteiger partial charge on any atom is 0.274 e. The van der Waals surface area contributed by atoms with Gasteiger partial charge in [0.15, 0.2) is 0 Å². The molecule has 6 heteroatoms. The van der Waals surface area contributed by atoms with Crippen LogP contribution >= 0.6 is 27.5 Å². The number of alkyl halides is 1. The Labute approximate surface area is 119 Å². The Morgan fingerprint density at radius 1 is 1.50 bits per heavy atom. The van der Waals surface area contributed by atoms with Gasteiger partial charge in [0.05, 0.1) is 11.0 Å². The summed E-state index contributed by atoms with van der Waals surface area (Å²) >= 11 is 9.36. The molecule has 0 N–H and O–H groups in total. The smallest absolute Gasteiger partial charge is 0.274 e. The predicted molar refractivity (Wildman–Crippen MR) is 73.3 cm³/mol. The molecule has 2 atom stereocenters. The van der Waals surface area contributed by atoms with Crippen molar-refractivity contribution in [1.82, 2.24) is 0 Å². The van der Waals surface area contributed by atoms with Gasteiger partial charge in [-0.2, -0.15) is 0 Å². The molecule has 1 aromatic rings. The summed E-state index contributed by atoms with van der Waals surface area (Å²) in [4.78, 5) is 10.3. The zero-order valence-corrected chi connectivity index (χ0v) is 12.4. The Morgan fingerprint density at radius 2 is 2.17 bits per heavy atom. The molecule has 0 radical (unpaired) electrons. The molecule has 98 valence electrons. The molecule has 0 saturated heterocycles. The van der Waals surface area contributed by atoms with E-state index in [4.69, 9.17) is 16.3 Å². The first kappa shape index (κ1) is 13.6. The van der Waals surface area contributed by atoms with Gasteiger partial charge in [0, 0.05) is 27.8 Å². The van der Waals surface area contributed by atoms with E-state index in [1.165, 1.54) is 12.1 Å². The monoisotopic (exact) mass is 333 g/mol. The van der Waals surface area contributed by atoms with Crippen molar-refractivity contribution >= 4 is 33.2 Å². The lowest BCUT2D eigenvalue weighted by Crippen LogP contribution is -2.53. The summed E-state index contributed by atoms with van der Waals surface area (Å²) in [5.74, 6) is 0.498. The van der Waals surface area contributed by atoms with Crippen molar-refractivity contribution in [3.05, 3.63) is 32.8 Å². The highest BCUT2D eigenvalue weighted by Crippen LogP contribution is 2.46. The molecular formula is C12H13BrClNO3. The van der Waals surface area contributed by atoms with Crippen LogP contribution in [0.15, 0.2) is 22.7 Å². The minimum absolute atomic E-state index is 0.00564. The van der Waals surface area contributed by atoms with Crippen LogP contribution in [0.25, 0.3) is 0 Å². The highest BCUT2D eigenvalue weighted by molar-refractivity contribution is 9.10. The van der Waals surface area contributed by atoms with E-state index in [1.807, 2.05) is 13.8 Å². The van der Waals surface area contributed by atoms with Crippen molar-refractivity contribution in [1.29, 1.82) is 0 Å². The van der Waals surface area contributed by atoms with E-state index in [2.05, 4.69) is 15.9 Å². The van der Waals surface area contributed by atoms with Gasteiger partial charge in [0.25, 0.3) is 5.69 Å². The van der Waals surface area contributed by atoms with E-state index in [-0.39, 0.29) is 22.6 Å². The van der Waals surface area contributed by atoms with Crippen LogP contribution in [0.4, 0.5) is 5.69 Å². The van der Waals surface area contributed by atoms with Crippen LogP contribution in [-0.4, -0.2) is 16.4 Å². The molecule has 0 bridgehead atoms. The van der Waals surface area contributed by atoms with Crippen LogP contribution in [-0.2, 0) is 0 Å². The first-order valence-corrected chi connectivity index (χ1v) is 6.79. The van der Waals surface area contributed by atoms with Crippen molar-refractivity contribution in [2.75, 3.05) is 0 Å². The third-order valence-electron chi connectivity index (χ3n) is 3.40. The zero-order valence-electron chi connectivity index (χ0n) is 10.0. The Morgan fingerprint density at radius 3 is 2.67 bits per heavy atom. The molecule has 0 amide bonds. The number of ether oxygens (including phenoxy) is 1. The maximum atomic E-state index is 10.8. The Bertz CT molecular complexity index is 492. The standard InChI is InChI=1S/C12H13BrClNO3/c1-12(2)10(14)6-11(12)18-9-4-7(13)3-8(5-9)15(16)17/h3-5,10-11H,6H2,1-2H3. The van der Waals surface area contributed by atoms with E-state index >= 15 is 0 Å². The van der Waals surface area contributed by atoms with Crippen LogP contribution < -0.4 is 4.74 Å². The summed E-state index contributed by atoms with van der Waals surface area (Å²) in [6, 6.07) is 4.61. The lowest BCUT2D eigenvalue weighted by molar-refractivity contribution is -0.385. The van der Waals surface area contributed by atoms with Gasteiger partial charge in [0.1, 0.15) is 11.9 Å². The summed E-state index contributed by atoms with van der Waals surface area (Å²) in [6.45, 7) is 4.07. The second-order valence-electron chi connectivity index (χ2n) is 5.03. The highest BCUT2D eigenvalue weighted by Gasteiger charge is 2.49. The number of non-ortho nitro benzene ring substituents is 1. The van der Waals surface area contributed by atoms with Crippen molar-refractivity contribution in [2.24, 2.45) is 5.41 Å². The topological polar surface area (TPSA) is 52.4 Å². The second kappa shape index (κ2) is 4.70. The molecule has 1 fully saturated rings. The third-order valence-corrected chi connectivity index (χ3v) is 4.60. The van der Waals surface area contributed by atoms with Gasteiger partial charge in [-0.15, -0.1) is 11.6 Å². The van der Waals surface area contributed by atoms with E-state index in [0.717, 1.165) is 6.42 Å². The molecule has 0 spiro atoms. The molecule has 1 saturated carbocycles. The van der Waals surface area contributed by atoms with Gasteiger partial charge in [-0.25, -0.2) is 0 Å². The summed E-state index contributed by atoms with van der Waals surface area (Å²) in [6.07, 6.45) is 0.753. The molecule has 1 aliphatic carbocycles. The lowest BCUT2D eigenvalue weighted by Gasteiger charge is -2.48. The molecule has 2 unspecified atom stereocenters. The fourth-order valence-electron chi connectivity index (χ4n) is 1.92. The number of nitro groups is 1. The van der Waals surface area contributed by atoms with Gasteiger partial charge in [-0.3, -0.25) is 10.1 Å². The van der Waals surface area contributed by atoms with Crippen LogP contribution in [0.5, 0.6) is 5.75 Å². The number of rotatable bonds is 3. The van der Waals surface area contributed by atoms with Gasteiger partial charge in [-0.05, 0) is 6.07 Å². The van der Waals surface area contributed by atoms with E-state index in [9.17, 15) is 10.1 Å². The number of nitro benzene ring substituents is 1. The number of nitrogens with zero attached hydrogens (tertiary/aromatic N) is 1. The molecule has 2 rings (SSSR count). The summed E-state index contributed by atoms with van der Waals surface area (Å²) in [5.41, 5.74) is -0.0996. The van der Waals surface area contributed by atoms with Crippen molar-refractivity contribution in [2.45, 2.75) is 31.7 Å². The molecule has 0 aromatic heterocycles. The quantitative estimate of drug-likeness (QED) is 0.474. The van der Waals surface area contributed by atoms with Gasteiger partial charge >= 0.3 is 0 Å². The number of benzene rings is 1. The Balaban J connectivity index is 2.18. The molecule has 0 heterocycles. The second-order valence-corrected chi connectivity index (χ2v) is 6.48. The SMILES string of the molecule is CC1(C)C(Cl)CC1Oc1cc(Br)cc([N+](=O)[O-])c1. The molecule has 1 aromatic carbocycles. The first-order valence-electron chi connectivity index (χ1n) is 5.56. The average Bonchev–Trinajstić information content (AvgIpc) is 2.28. The maximum absolute atomic E-state index is 10.8. The van der Waals surface area contributed by atoms with Crippen molar-refractivity contribution in [3.8, 4) is 5.75 Å². The predicted octanol–water partition coefficient (Wildman–Crippen LogP) is 4.14. The molecular weight excluding hydrogens is 321 g/mol. The van der Waals surface area contributed by atoms with Gasteiger partial charge in [-0.1, -0.05) is 29.8 Å². The first-order chi connectivity index (χ1) is 8.30. The fourth-order valence-corrected chi connectivity index (χ4v) is 2.68. The van der Waals surface area contributed by atoms with E-state index in [1.54, 1.807) is 6.07 Å². The number of halogens is 2. The number of hydrogen-bond acceptors (Lipinski definition) is 3. The fraction of sp³-hybridized carbons (Fsp3) is 0.500. The third kappa shape index (κ3) is 2.47. The van der Waals surface area contributed by atoms with Crippen LogP contribution in [0, 0.1) is 15.5 Å². The molecule has 4 nitrogen and oxygen atoms in total. The minimum atomic E-state index is -0.437. The molecule has 1 aliphatic rings.